The van der Waals surface area contributed by atoms with Crippen molar-refractivity contribution in [2.24, 2.45) is 4.99 Å². The van der Waals surface area contributed by atoms with Gasteiger partial charge in [0.1, 0.15) is 5.84 Å². The van der Waals surface area contributed by atoms with Crippen LogP contribution in [0, 0.1) is 0 Å². The Morgan fingerprint density at radius 3 is 2.69 bits per heavy atom. The number of methoxy groups -OCH3 is 2. The zero-order chi connectivity index (χ0) is 11.5. The van der Waals surface area contributed by atoms with Crippen molar-refractivity contribution in [3.05, 3.63) is 22.2 Å². The molecule has 0 aromatic heterocycles. The van der Waals surface area contributed by atoms with Gasteiger partial charge in [0.05, 0.1) is 26.3 Å². The fourth-order valence-corrected chi connectivity index (χ4v) is 2.12. The molecule has 1 heterocycles. The van der Waals surface area contributed by atoms with Crippen molar-refractivity contribution in [1.29, 1.82) is 0 Å². The van der Waals surface area contributed by atoms with Crippen LogP contribution >= 0.6 is 15.9 Å². The molecule has 16 heavy (non-hydrogen) atoms. The SMILES string of the molecule is COc1cc(Br)cc(C2=NCCN2)c1OC. The number of hydrogen-bond acceptors (Lipinski definition) is 4. The third-order valence-electron chi connectivity index (χ3n) is 2.37. The average molecular weight is 285 g/mol. The molecule has 86 valence electrons. The number of nitrogens with one attached hydrogen (secondary N) is 1. The van der Waals surface area contributed by atoms with E-state index in [1.807, 2.05) is 12.1 Å². The van der Waals surface area contributed by atoms with Crippen molar-refractivity contribution in [1.82, 2.24) is 5.32 Å². The summed E-state index contributed by atoms with van der Waals surface area (Å²) in [5, 5.41) is 3.22. The first-order chi connectivity index (χ1) is 7.76. The molecule has 1 aliphatic rings. The van der Waals surface area contributed by atoms with E-state index in [0.29, 0.717) is 11.5 Å². The van der Waals surface area contributed by atoms with Crippen LogP contribution in [0.2, 0.25) is 0 Å². The lowest BCUT2D eigenvalue weighted by Crippen LogP contribution is -2.20. The predicted molar refractivity (Wildman–Crippen MR) is 66.7 cm³/mol. The second-order valence-electron chi connectivity index (χ2n) is 3.35. The minimum absolute atomic E-state index is 0.697. The smallest absolute Gasteiger partial charge is 0.171 e. The molecule has 0 atom stereocenters. The first-order valence-electron chi connectivity index (χ1n) is 4.96. The zero-order valence-corrected chi connectivity index (χ0v) is 10.8. The summed E-state index contributed by atoms with van der Waals surface area (Å²) in [6, 6.07) is 3.84. The molecule has 0 unspecified atom stereocenters. The first-order valence-corrected chi connectivity index (χ1v) is 5.75. The zero-order valence-electron chi connectivity index (χ0n) is 9.21. The van der Waals surface area contributed by atoms with E-state index >= 15 is 0 Å². The summed E-state index contributed by atoms with van der Waals surface area (Å²) in [6.45, 7) is 1.67. The Balaban J connectivity index is 2.53. The number of ether oxygens (including phenoxy) is 2. The maximum absolute atomic E-state index is 5.37. The number of nitrogens with zero attached hydrogens (tertiary/aromatic N) is 1. The Morgan fingerprint density at radius 1 is 1.31 bits per heavy atom. The highest BCUT2D eigenvalue weighted by molar-refractivity contribution is 9.10. The van der Waals surface area contributed by atoms with Crippen LogP contribution in [0.25, 0.3) is 0 Å². The Kier molecular flexibility index (Phi) is 3.33. The molecule has 5 heteroatoms. The Morgan fingerprint density at radius 2 is 2.12 bits per heavy atom. The third-order valence-corrected chi connectivity index (χ3v) is 2.83. The van der Waals surface area contributed by atoms with Crippen LogP contribution in [0.3, 0.4) is 0 Å². The quantitative estimate of drug-likeness (QED) is 0.921. The minimum atomic E-state index is 0.697. The van der Waals surface area contributed by atoms with Gasteiger partial charge < -0.3 is 14.8 Å². The number of hydrogen-bond donors (Lipinski definition) is 1. The number of benzene rings is 1. The van der Waals surface area contributed by atoms with Crippen LogP contribution in [0.15, 0.2) is 21.6 Å². The van der Waals surface area contributed by atoms with Gasteiger partial charge in [-0.25, -0.2) is 0 Å². The standard InChI is InChI=1S/C11H13BrN2O2/c1-15-9-6-7(12)5-8(10(9)16-2)11-13-3-4-14-11/h5-6H,3-4H2,1-2H3,(H,13,14). The van der Waals surface area contributed by atoms with Gasteiger partial charge in [-0.2, -0.15) is 0 Å². The van der Waals surface area contributed by atoms with Gasteiger partial charge in [0, 0.05) is 11.0 Å². The largest absolute Gasteiger partial charge is 0.493 e. The molecule has 0 saturated carbocycles. The van der Waals surface area contributed by atoms with Crippen LogP contribution in [0.5, 0.6) is 11.5 Å². The van der Waals surface area contributed by atoms with Gasteiger partial charge in [-0.1, -0.05) is 15.9 Å². The normalized spacial score (nSPS) is 14.3. The molecule has 0 amide bonds. The number of amidine groups is 1. The van der Waals surface area contributed by atoms with E-state index in [0.717, 1.165) is 29.0 Å². The fourth-order valence-electron chi connectivity index (χ4n) is 1.68. The number of rotatable bonds is 3. The summed E-state index contributed by atoms with van der Waals surface area (Å²) >= 11 is 3.45. The summed E-state index contributed by atoms with van der Waals surface area (Å²) in [4.78, 5) is 4.38. The van der Waals surface area contributed by atoms with Gasteiger partial charge in [-0.3, -0.25) is 4.99 Å². The maximum atomic E-state index is 5.37. The highest BCUT2D eigenvalue weighted by Crippen LogP contribution is 2.34. The number of halogens is 1. The molecule has 1 aliphatic heterocycles. The average Bonchev–Trinajstić information content (AvgIpc) is 2.81. The second kappa shape index (κ2) is 4.74. The van der Waals surface area contributed by atoms with Gasteiger partial charge in [0.15, 0.2) is 11.5 Å². The molecule has 2 rings (SSSR count). The van der Waals surface area contributed by atoms with Crippen molar-refractivity contribution in [3.63, 3.8) is 0 Å². The van der Waals surface area contributed by atoms with E-state index in [1.54, 1.807) is 14.2 Å². The molecule has 1 N–H and O–H groups in total. The predicted octanol–water partition coefficient (Wildman–Crippen LogP) is 1.82. The monoisotopic (exact) mass is 284 g/mol. The first kappa shape index (κ1) is 11.3. The summed E-state index contributed by atoms with van der Waals surface area (Å²) < 4.78 is 11.6. The summed E-state index contributed by atoms with van der Waals surface area (Å²) in [5.74, 6) is 2.26. The summed E-state index contributed by atoms with van der Waals surface area (Å²) in [7, 11) is 3.25. The van der Waals surface area contributed by atoms with Crippen LogP contribution in [0.4, 0.5) is 0 Å². The van der Waals surface area contributed by atoms with Crippen LogP contribution in [-0.4, -0.2) is 33.1 Å². The Bertz CT molecular complexity index is 432. The van der Waals surface area contributed by atoms with Crippen molar-refractivity contribution in [2.75, 3.05) is 27.3 Å². The van der Waals surface area contributed by atoms with E-state index in [1.165, 1.54) is 0 Å². The molecule has 0 bridgehead atoms. The molecular formula is C11H13BrN2O2. The van der Waals surface area contributed by atoms with Crippen molar-refractivity contribution in [3.8, 4) is 11.5 Å². The minimum Gasteiger partial charge on any atom is -0.493 e. The Labute approximate surface area is 103 Å². The van der Waals surface area contributed by atoms with Crippen molar-refractivity contribution in [2.45, 2.75) is 0 Å². The van der Waals surface area contributed by atoms with Gasteiger partial charge in [0.2, 0.25) is 0 Å². The number of aliphatic imine (C=N–C) groups is 1. The molecular weight excluding hydrogens is 272 g/mol. The van der Waals surface area contributed by atoms with E-state index in [4.69, 9.17) is 9.47 Å². The van der Waals surface area contributed by atoms with E-state index in [-0.39, 0.29) is 0 Å². The van der Waals surface area contributed by atoms with Crippen molar-refractivity contribution < 1.29 is 9.47 Å². The molecule has 0 spiro atoms. The summed E-state index contributed by atoms with van der Waals surface area (Å²) in [6.07, 6.45) is 0. The molecule has 1 aromatic rings. The van der Waals surface area contributed by atoms with Gasteiger partial charge >= 0.3 is 0 Å². The lowest BCUT2D eigenvalue weighted by molar-refractivity contribution is 0.354. The van der Waals surface area contributed by atoms with Crippen LogP contribution in [-0.2, 0) is 0 Å². The molecule has 0 aliphatic carbocycles. The van der Waals surface area contributed by atoms with E-state index in [9.17, 15) is 0 Å². The van der Waals surface area contributed by atoms with Gasteiger partial charge in [-0.05, 0) is 12.1 Å². The summed E-state index contributed by atoms with van der Waals surface area (Å²) in [5.41, 5.74) is 0.922. The highest BCUT2D eigenvalue weighted by Gasteiger charge is 2.18. The molecule has 1 aromatic carbocycles. The lowest BCUT2D eigenvalue weighted by atomic mass is 10.1. The van der Waals surface area contributed by atoms with Crippen LogP contribution in [0.1, 0.15) is 5.56 Å². The van der Waals surface area contributed by atoms with Gasteiger partial charge in [-0.15, -0.1) is 0 Å². The third kappa shape index (κ3) is 2.00. The van der Waals surface area contributed by atoms with E-state index < -0.39 is 0 Å². The molecule has 4 nitrogen and oxygen atoms in total. The Hall–Kier alpha value is -1.23. The van der Waals surface area contributed by atoms with E-state index in [2.05, 4.69) is 26.2 Å². The topological polar surface area (TPSA) is 42.8 Å². The fraction of sp³-hybridized carbons (Fsp3) is 0.364. The second-order valence-corrected chi connectivity index (χ2v) is 4.26. The van der Waals surface area contributed by atoms with Crippen LogP contribution < -0.4 is 14.8 Å². The molecule has 0 fully saturated rings. The lowest BCUT2D eigenvalue weighted by Gasteiger charge is -2.13. The maximum Gasteiger partial charge on any atom is 0.171 e. The van der Waals surface area contributed by atoms with Crippen molar-refractivity contribution >= 4 is 21.8 Å². The molecule has 0 saturated heterocycles. The molecule has 0 radical (unpaired) electrons. The van der Waals surface area contributed by atoms with Gasteiger partial charge in [0.25, 0.3) is 0 Å². The highest BCUT2D eigenvalue weighted by atomic mass is 79.9.